The molecule has 1 saturated heterocycles. The summed E-state index contributed by atoms with van der Waals surface area (Å²) in [5.41, 5.74) is 3.45. The molecule has 0 aliphatic carbocycles. The largest absolute Gasteiger partial charge is 0.357 e. The molecule has 100 valence electrons. The monoisotopic (exact) mass is 256 g/mol. The Balaban J connectivity index is 2.15. The molecule has 0 aromatic carbocycles. The van der Waals surface area contributed by atoms with E-state index in [2.05, 4.69) is 40.6 Å². The molecule has 0 bridgehead atoms. The molecule has 4 heteroatoms. The molecule has 2 aromatic rings. The molecule has 0 spiro atoms. The van der Waals surface area contributed by atoms with Gasteiger partial charge in [-0.15, -0.1) is 0 Å². The minimum absolute atomic E-state index is 1.05. The van der Waals surface area contributed by atoms with E-state index in [0.717, 1.165) is 24.6 Å². The zero-order chi connectivity index (χ0) is 13.4. The number of aliphatic imine (C=N–C) groups is 1. The van der Waals surface area contributed by atoms with E-state index in [0.29, 0.717) is 0 Å². The second kappa shape index (κ2) is 4.68. The van der Waals surface area contributed by atoms with E-state index in [1.807, 2.05) is 13.3 Å². The van der Waals surface area contributed by atoms with Gasteiger partial charge in [0.1, 0.15) is 11.5 Å². The first-order valence-corrected chi connectivity index (χ1v) is 6.85. The SMILES string of the molecule is CN=Cc1c(C)n(C)c2nc(N3CCCC3)ccc12. The molecular weight excluding hydrogens is 236 g/mol. The third-order valence-electron chi connectivity index (χ3n) is 4.05. The van der Waals surface area contributed by atoms with Gasteiger partial charge in [-0.1, -0.05) is 0 Å². The van der Waals surface area contributed by atoms with Crippen molar-refractivity contribution in [2.75, 3.05) is 25.0 Å². The number of hydrogen-bond donors (Lipinski definition) is 0. The molecule has 1 aliphatic heterocycles. The van der Waals surface area contributed by atoms with Crippen molar-refractivity contribution >= 4 is 23.1 Å². The average molecular weight is 256 g/mol. The third kappa shape index (κ3) is 1.91. The quantitative estimate of drug-likeness (QED) is 0.774. The maximum Gasteiger partial charge on any atom is 0.142 e. The zero-order valence-electron chi connectivity index (χ0n) is 11.8. The molecule has 0 atom stereocenters. The topological polar surface area (TPSA) is 33.4 Å². The smallest absolute Gasteiger partial charge is 0.142 e. The van der Waals surface area contributed by atoms with Crippen LogP contribution in [0.15, 0.2) is 17.1 Å². The van der Waals surface area contributed by atoms with Gasteiger partial charge >= 0.3 is 0 Å². The van der Waals surface area contributed by atoms with Crippen LogP contribution < -0.4 is 4.90 Å². The van der Waals surface area contributed by atoms with Gasteiger partial charge in [-0.05, 0) is 31.9 Å². The lowest BCUT2D eigenvalue weighted by molar-refractivity contribution is 0.887. The van der Waals surface area contributed by atoms with Crippen molar-refractivity contribution in [2.45, 2.75) is 19.8 Å². The van der Waals surface area contributed by atoms with Crippen molar-refractivity contribution in [3.05, 3.63) is 23.4 Å². The molecule has 3 heterocycles. The molecule has 3 rings (SSSR count). The van der Waals surface area contributed by atoms with Crippen molar-refractivity contribution in [1.29, 1.82) is 0 Å². The molecule has 0 unspecified atom stereocenters. The molecule has 0 radical (unpaired) electrons. The standard InChI is InChI=1S/C15H20N4/c1-11-13(10-16-2)12-6-7-14(17-15(12)18(11)3)19-8-4-5-9-19/h6-7,10H,4-5,8-9H2,1-3H3. The lowest BCUT2D eigenvalue weighted by Crippen LogP contribution is -2.18. The van der Waals surface area contributed by atoms with Crippen LogP contribution >= 0.6 is 0 Å². The van der Waals surface area contributed by atoms with Crippen molar-refractivity contribution in [3.8, 4) is 0 Å². The molecule has 1 aliphatic rings. The minimum atomic E-state index is 1.05. The highest BCUT2D eigenvalue weighted by Crippen LogP contribution is 2.26. The summed E-state index contributed by atoms with van der Waals surface area (Å²) in [5, 5.41) is 1.19. The fourth-order valence-electron chi connectivity index (χ4n) is 2.85. The minimum Gasteiger partial charge on any atom is -0.357 e. The number of nitrogens with zero attached hydrogens (tertiary/aromatic N) is 4. The predicted molar refractivity (Wildman–Crippen MR) is 80.4 cm³/mol. The molecule has 0 amide bonds. The molecule has 0 N–H and O–H groups in total. The van der Waals surface area contributed by atoms with Crippen molar-refractivity contribution in [2.24, 2.45) is 12.0 Å². The van der Waals surface area contributed by atoms with E-state index in [9.17, 15) is 0 Å². The summed E-state index contributed by atoms with van der Waals surface area (Å²) in [6.45, 7) is 4.38. The van der Waals surface area contributed by atoms with Gasteiger partial charge in [0.2, 0.25) is 0 Å². The fourth-order valence-corrected chi connectivity index (χ4v) is 2.85. The Kier molecular flexibility index (Phi) is 3.01. The van der Waals surface area contributed by atoms with E-state index >= 15 is 0 Å². The summed E-state index contributed by atoms with van der Waals surface area (Å²) in [7, 11) is 3.88. The molecule has 2 aromatic heterocycles. The van der Waals surface area contributed by atoms with Crippen molar-refractivity contribution in [3.63, 3.8) is 0 Å². The van der Waals surface area contributed by atoms with Gasteiger partial charge < -0.3 is 9.47 Å². The van der Waals surface area contributed by atoms with Gasteiger partial charge in [-0.3, -0.25) is 4.99 Å². The Morgan fingerprint density at radius 3 is 2.68 bits per heavy atom. The maximum atomic E-state index is 4.85. The Morgan fingerprint density at radius 2 is 2.00 bits per heavy atom. The van der Waals surface area contributed by atoms with Crippen LogP contribution in [0.3, 0.4) is 0 Å². The van der Waals surface area contributed by atoms with Gasteiger partial charge in [-0.2, -0.15) is 0 Å². The first-order valence-electron chi connectivity index (χ1n) is 6.85. The highest BCUT2D eigenvalue weighted by atomic mass is 15.2. The molecule has 4 nitrogen and oxygen atoms in total. The first-order chi connectivity index (χ1) is 9.22. The number of anilines is 1. The van der Waals surface area contributed by atoms with Crippen LogP contribution in [0, 0.1) is 6.92 Å². The van der Waals surface area contributed by atoms with Gasteiger partial charge in [0.25, 0.3) is 0 Å². The van der Waals surface area contributed by atoms with Crippen molar-refractivity contribution < 1.29 is 0 Å². The summed E-state index contributed by atoms with van der Waals surface area (Å²) < 4.78 is 2.16. The van der Waals surface area contributed by atoms with Gasteiger partial charge in [0.15, 0.2) is 0 Å². The third-order valence-corrected chi connectivity index (χ3v) is 4.05. The fraction of sp³-hybridized carbons (Fsp3) is 0.467. The first kappa shape index (κ1) is 12.2. The second-order valence-electron chi connectivity index (χ2n) is 5.18. The molecule has 0 saturated carbocycles. The van der Waals surface area contributed by atoms with E-state index in [4.69, 9.17) is 4.98 Å². The maximum absolute atomic E-state index is 4.85. The number of aromatic nitrogens is 2. The van der Waals surface area contributed by atoms with Crippen LogP contribution in [0.2, 0.25) is 0 Å². The van der Waals surface area contributed by atoms with E-state index < -0.39 is 0 Å². The Hall–Kier alpha value is -1.84. The van der Waals surface area contributed by atoms with Crippen LogP contribution in [-0.4, -0.2) is 35.9 Å². The number of rotatable bonds is 2. The van der Waals surface area contributed by atoms with Crippen molar-refractivity contribution in [1.82, 2.24) is 9.55 Å². The lowest BCUT2D eigenvalue weighted by Gasteiger charge is -2.16. The Morgan fingerprint density at radius 1 is 1.26 bits per heavy atom. The van der Waals surface area contributed by atoms with Gasteiger partial charge in [-0.25, -0.2) is 4.98 Å². The molecule has 19 heavy (non-hydrogen) atoms. The Bertz CT molecular complexity index is 633. The summed E-state index contributed by atoms with van der Waals surface area (Å²) in [6, 6.07) is 4.32. The number of pyridine rings is 1. The zero-order valence-corrected chi connectivity index (χ0v) is 11.8. The van der Waals surface area contributed by atoms with Crippen LogP contribution in [0.1, 0.15) is 24.1 Å². The summed E-state index contributed by atoms with van der Waals surface area (Å²) >= 11 is 0. The highest BCUT2D eigenvalue weighted by molar-refractivity contribution is 6.00. The van der Waals surface area contributed by atoms with Crippen LogP contribution in [0.4, 0.5) is 5.82 Å². The average Bonchev–Trinajstić information content (AvgIpc) is 3.03. The molecule has 1 fully saturated rings. The summed E-state index contributed by atoms with van der Waals surface area (Å²) in [4.78, 5) is 11.4. The highest BCUT2D eigenvalue weighted by Gasteiger charge is 2.16. The van der Waals surface area contributed by atoms with Crippen LogP contribution in [0.25, 0.3) is 11.0 Å². The van der Waals surface area contributed by atoms with Crippen LogP contribution in [-0.2, 0) is 7.05 Å². The number of hydrogen-bond acceptors (Lipinski definition) is 3. The molecular formula is C15H20N4. The normalized spacial score (nSPS) is 16.1. The summed E-state index contributed by atoms with van der Waals surface area (Å²) in [5.74, 6) is 1.10. The number of fused-ring (bicyclic) bond motifs is 1. The van der Waals surface area contributed by atoms with E-state index in [1.54, 1.807) is 0 Å². The van der Waals surface area contributed by atoms with E-state index in [1.165, 1.54) is 29.5 Å². The number of aryl methyl sites for hydroxylation is 1. The van der Waals surface area contributed by atoms with Crippen LogP contribution in [0.5, 0.6) is 0 Å². The summed E-state index contributed by atoms with van der Waals surface area (Å²) in [6.07, 6.45) is 4.48. The lowest BCUT2D eigenvalue weighted by atomic mass is 10.2. The van der Waals surface area contributed by atoms with Gasteiger partial charge in [0, 0.05) is 50.0 Å². The van der Waals surface area contributed by atoms with Gasteiger partial charge in [0.05, 0.1) is 0 Å². The predicted octanol–water partition coefficient (Wildman–Crippen LogP) is 2.53. The Labute approximate surface area is 113 Å². The van der Waals surface area contributed by atoms with E-state index in [-0.39, 0.29) is 0 Å². The second-order valence-corrected chi connectivity index (χ2v) is 5.18.